The number of amides is 2. The van der Waals surface area contributed by atoms with Gasteiger partial charge in [0.05, 0.1) is 17.3 Å². The lowest BCUT2D eigenvalue weighted by molar-refractivity contribution is -0.117. The number of hydrogen-bond acceptors (Lipinski definition) is 3. The highest BCUT2D eigenvalue weighted by molar-refractivity contribution is 6.04. The van der Waals surface area contributed by atoms with E-state index in [0.29, 0.717) is 23.8 Å². The molecule has 1 atom stereocenters. The summed E-state index contributed by atoms with van der Waals surface area (Å²) < 4.78 is 0. The van der Waals surface area contributed by atoms with Crippen LogP contribution in [0, 0.1) is 0 Å². The lowest BCUT2D eigenvalue weighted by Crippen LogP contribution is -2.39. The van der Waals surface area contributed by atoms with Crippen LogP contribution < -0.4 is 16.0 Å². The summed E-state index contributed by atoms with van der Waals surface area (Å²) in [5.74, 6) is -0.335. The van der Waals surface area contributed by atoms with E-state index in [-0.39, 0.29) is 17.9 Å². The van der Waals surface area contributed by atoms with Crippen molar-refractivity contribution < 1.29 is 9.59 Å². The molecule has 25 heavy (non-hydrogen) atoms. The second kappa shape index (κ2) is 7.94. The van der Waals surface area contributed by atoms with Gasteiger partial charge in [-0.25, -0.2) is 0 Å². The second-order valence-electron chi connectivity index (χ2n) is 6.37. The zero-order valence-corrected chi connectivity index (χ0v) is 14.3. The highest BCUT2D eigenvalue weighted by atomic mass is 16.2. The third kappa shape index (κ3) is 4.90. The Hall–Kier alpha value is -2.66. The van der Waals surface area contributed by atoms with E-state index in [1.54, 1.807) is 18.2 Å². The van der Waals surface area contributed by atoms with Gasteiger partial charge in [-0.15, -0.1) is 0 Å². The van der Waals surface area contributed by atoms with E-state index in [0.717, 1.165) is 18.4 Å². The van der Waals surface area contributed by atoms with E-state index in [4.69, 9.17) is 0 Å². The lowest BCUT2D eigenvalue weighted by atomic mass is 10.1. The largest absolute Gasteiger partial charge is 0.348 e. The Balaban J connectivity index is 1.63. The summed E-state index contributed by atoms with van der Waals surface area (Å²) in [5, 5.41) is 9.01. The van der Waals surface area contributed by atoms with Crippen molar-refractivity contribution in [3.63, 3.8) is 0 Å². The van der Waals surface area contributed by atoms with Crippen molar-refractivity contribution in [1.29, 1.82) is 0 Å². The Kier molecular flexibility index (Phi) is 5.46. The average Bonchev–Trinajstić information content (AvgIpc) is 3.45. The summed E-state index contributed by atoms with van der Waals surface area (Å²) >= 11 is 0. The molecule has 130 valence electrons. The van der Waals surface area contributed by atoms with Crippen molar-refractivity contribution >= 4 is 17.5 Å². The number of hydrogen-bond donors (Lipinski definition) is 3. The summed E-state index contributed by atoms with van der Waals surface area (Å²) in [6.45, 7) is 2.29. The van der Waals surface area contributed by atoms with E-state index in [1.807, 2.05) is 43.3 Å². The van der Waals surface area contributed by atoms with Crippen molar-refractivity contribution in [3.05, 3.63) is 65.7 Å². The first-order valence-electron chi connectivity index (χ1n) is 8.61. The van der Waals surface area contributed by atoms with Crippen molar-refractivity contribution in [2.45, 2.75) is 38.4 Å². The maximum atomic E-state index is 12.5. The fourth-order valence-electron chi connectivity index (χ4n) is 2.58. The van der Waals surface area contributed by atoms with Gasteiger partial charge in [-0.1, -0.05) is 42.5 Å². The minimum atomic E-state index is -0.284. The van der Waals surface area contributed by atoms with Crippen molar-refractivity contribution in [2.24, 2.45) is 0 Å². The van der Waals surface area contributed by atoms with Gasteiger partial charge in [0.25, 0.3) is 5.91 Å². The van der Waals surface area contributed by atoms with Gasteiger partial charge in [-0.2, -0.15) is 0 Å². The number of carbonyl (C=O) groups is 2. The topological polar surface area (TPSA) is 70.2 Å². The second-order valence-corrected chi connectivity index (χ2v) is 6.37. The van der Waals surface area contributed by atoms with Crippen molar-refractivity contribution in [2.75, 3.05) is 5.32 Å². The minimum Gasteiger partial charge on any atom is -0.348 e. The molecule has 2 aromatic carbocycles. The molecule has 0 saturated heterocycles. The SMILES string of the molecule is CC(NC1CC1)C(=O)Nc1ccccc1C(=O)NCc1ccccc1. The highest BCUT2D eigenvalue weighted by Gasteiger charge is 2.26. The summed E-state index contributed by atoms with van der Waals surface area (Å²) in [5.41, 5.74) is 2.02. The maximum Gasteiger partial charge on any atom is 0.253 e. The zero-order valence-electron chi connectivity index (χ0n) is 14.3. The molecule has 1 aliphatic carbocycles. The lowest BCUT2D eigenvalue weighted by Gasteiger charge is -2.16. The number of benzene rings is 2. The molecule has 1 fully saturated rings. The highest BCUT2D eigenvalue weighted by Crippen LogP contribution is 2.20. The number of carbonyl (C=O) groups excluding carboxylic acids is 2. The Morgan fingerprint density at radius 2 is 1.72 bits per heavy atom. The minimum absolute atomic E-state index is 0.129. The van der Waals surface area contributed by atoms with Crippen LogP contribution in [-0.4, -0.2) is 23.9 Å². The Bertz CT molecular complexity index is 742. The van der Waals surface area contributed by atoms with E-state index < -0.39 is 0 Å². The predicted octanol–water partition coefficient (Wildman–Crippen LogP) is 2.70. The zero-order chi connectivity index (χ0) is 17.6. The maximum absolute atomic E-state index is 12.5. The van der Waals surface area contributed by atoms with Crippen LogP contribution in [0.4, 0.5) is 5.69 Å². The molecule has 1 unspecified atom stereocenters. The molecule has 2 aromatic rings. The first-order valence-corrected chi connectivity index (χ1v) is 8.61. The van der Waals surface area contributed by atoms with Crippen LogP contribution in [-0.2, 0) is 11.3 Å². The molecular weight excluding hydrogens is 314 g/mol. The molecule has 0 aromatic heterocycles. The number of rotatable bonds is 7. The van der Waals surface area contributed by atoms with Gasteiger partial charge < -0.3 is 16.0 Å². The predicted molar refractivity (Wildman–Crippen MR) is 98.3 cm³/mol. The standard InChI is InChI=1S/C20H23N3O2/c1-14(22-16-11-12-16)19(24)23-18-10-6-5-9-17(18)20(25)21-13-15-7-3-2-4-8-15/h2-10,14,16,22H,11-13H2,1H3,(H,21,25)(H,23,24). The van der Waals surface area contributed by atoms with Crippen LogP contribution in [0.1, 0.15) is 35.7 Å². The third-order valence-corrected chi connectivity index (χ3v) is 4.18. The smallest absolute Gasteiger partial charge is 0.253 e. The van der Waals surface area contributed by atoms with Gasteiger partial charge in [0.15, 0.2) is 0 Å². The molecule has 0 bridgehead atoms. The van der Waals surface area contributed by atoms with E-state index in [9.17, 15) is 9.59 Å². The summed E-state index contributed by atoms with van der Waals surface area (Å²) in [7, 11) is 0. The molecular formula is C20H23N3O2. The fourth-order valence-corrected chi connectivity index (χ4v) is 2.58. The molecule has 0 heterocycles. The quantitative estimate of drug-likeness (QED) is 0.727. The third-order valence-electron chi connectivity index (χ3n) is 4.18. The molecule has 1 saturated carbocycles. The first kappa shape index (κ1) is 17.2. The van der Waals surface area contributed by atoms with Crippen LogP contribution in [0.5, 0.6) is 0 Å². The molecule has 5 heteroatoms. The van der Waals surface area contributed by atoms with E-state index >= 15 is 0 Å². The molecule has 5 nitrogen and oxygen atoms in total. The first-order chi connectivity index (χ1) is 12.1. The summed E-state index contributed by atoms with van der Waals surface area (Å²) in [4.78, 5) is 24.8. The molecule has 0 radical (unpaired) electrons. The number of anilines is 1. The van der Waals surface area contributed by atoms with E-state index in [2.05, 4.69) is 16.0 Å². The molecule has 0 aliphatic heterocycles. The van der Waals surface area contributed by atoms with Gasteiger partial charge in [-0.3, -0.25) is 9.59 Å². The van der Waals surface area contributed by atoms with Gasteiger partial charge in [-0.05, 0) is 37.5 Å². The Morgan fingerprint density at radius 1 is 1.04 bits per heavy atom. The molecule has 1 aliphatic rings. The summed E-state index contributed by atoms with van der Waals surface area (Å²) in [6.07, 6.45) is 2.24. The molecule has 0 spiro atoms. The van der Waals surface area contributed by atoms with Crippen molar-refractivity contribution in [1.82, 2.24) is 10.6 Å². The van der Waals surface area contributed by atoms with Crippen LogP contribution >= 0.6 is 0 Å². The van der Waals surface area contributed by atoms with Crippen LogP contribution in [0.25, 0.3) is 0 Å². The van der Waals surface area contributed by atoms with Gasteiger partial charge in [0.2, 0.25) is 5.91 Å². The molecule has 3 rings (SSSR count). The van der Waals surface area contributed by atoms with Crippen LogP contribution in [0.2, 0.25) is 0 Å². The number of nitrogens with one attached hydrogen (secondary N) is 3. The molecule has 2 amide bonds. The molecule has 3 N–H and O–H groups in total. The Labute approximate surface area is 147 Å². The number of para-hydroxylation sites is 1. The van der Waals surface area contributed by atoms with E-state index in [1.165, 1.54) is 0 Å². The van der Waals surface area contributed by atoms with Crippen LogP contribution in [0.3, 0.4) is 0 Å². The van der Waals surface area contributed by atoms with Crippen molar-refractivity contribution in [3.8, 4) is 0 Å². The average molecular weight is 337 g/mol. The van der Waals surface area contributed by atoms with Gasteiger partial charge in [0.1, 0.15) is 0 Å². The Morgan fingerprint density at radius 3 is 2.44 bits per heavy atom. The van der Waals surface area contributed by atoms with Gasteiger partial charge >= 0.3 is 0 Å². The van der Waals surface area contributed by atoms with Gasteiger partial charge in [0, 0.05) is 12.6 Å². The monoisotopic (exact) mass is 337 g/mol. The normalized spacial score (nSPS) is 14.6. The summed E-state index contributed by atoms with van der Waals surface area (Å²) in [6, 6.07) is 17.0. The van der Waals surface area contributed by atoms with Crippen LogP contribution in [0.15, 0.2) is 54.6 Å². The fraction of sp³-hybridized carbons (Fsp3) is 0.300.